The molecule has 3 rings (SSSR count). The fourth-order valence-electron chi connectivity index (χ4n) is 2.93. The van der Waals surface area contributed by atoms with Crippen LogP contribution in [0.3, 0.4) is 0 Å². The molecule has 1 aromatic carbocycles. The Bertz CT molecular complexity index is 703. The largest absolute Gasteiger partial charge is 0.444 e. The highest BCUT2D eigenvalue weighted by molar-refractivity contribution is 5.91. The van der Waals surface area contributed by atoms with E-state index in [0.29, 0.717) is 0 Å². The van der Waals surface area contributed by atoms with Gasteiger partial charge in [0, 0.05) is 30.4 Å². The van der Waals surface area contributed by atoms with E-state index >= 15 is 0 Å². The molecule has 1 aromatic heterocycles. The maximum atomic E-state index is 11.9. The molecule has 5 heteroatoms. The zero-order valence-corrected chi connectivity index (χ0v) is 13.9. The second kappa shape index (κ2) is 6.07. The van der Waals surface area contributed by atoms with E-state index < -0.39 is 5.60 Å². The fourth-order valence-corrected chi connectivity index (χ4v) is 2.93. The van der Waals surface area contributed by atoms with Crippen molar-refractivity contribution in [3.63, 3.8) is 0 Å². The molecule has 0 spiro atoms. The maximum absolute atomic E-state index is 11.9. The minimum Gasteiger partial charge on any atom is -0.444 e. The number of fused-ring (bicyclic) bond motifs is 1. The van der Waals surface area contributed by atoms with Gasteiger partial charge in [-0.25, -0.2) is 4.79 Å². The number of benzene rings is 1. The fraction of sp³-hybridized carbons (Fsp3) is 0.444. The van der Waals surface area contributed by atoms with Crippen LogP contribution in [0.1, 0.15) is 27.2 Å². The summed E-state index contributed by atoms with van der Waals surface area (Å²) >= 11 is 0. The van der Waals surface area contributed by atoms with Crippen molar-refractivity contribution in [1.82, 2.24) is 10.3 Å². The van der Waals surface area contributed by atoms with Crippen LogP contribution in [-0.4, -0.2) is 35.8 Å². The number of rotatable bonds is 2. The number of anilines is 1. The van der Waals surface area contributed by atoms with Gasteiger partial charge >= 0.3 is 6.09 Å². The minimum atomic E-state index is -0.469. The van der Waals surface area contributed by atoms with Gasteiger partial charge in [0.25, 0.3) is 0 Å². The molecular formula is C18H23N3O2. The Kier molecular flexibility index (Phi) is 4.11. The smallest absolute Gasteiger partial charge is 0.407 e. The number of hydrogen-bond donors (Lipinski definition) is 1. The molecule has 1 N–H and O–H groups in total. The number of ether oxygens (including phenoxy) is 1. The Labute approximate surface area is 136 Å². The second-order valence-electron chi connectivity index (χ2n) is 6.93. The van der Waals surface area contributed by atoms with Gasteiger partial charge in [-0.2, -0.15) is 0 Å². The lowest BCUT2D eigenvalue weighted by Crippen LogP contribution is -2.40. The maximum Gasteiger partial charge on any atom is 0.407 e. The van der Waals surface area contributed by atoms with E-state index in [4.69, 9.17) is 4.74 Å². The van der Waals surface area contributed by atoms with Crippen molar-refractivity contribution in [3.05, 3.63) is 36.5 Å². The first-order chi connectivity index (χ1) is 10.9. The van der Waals surface area contributed by atoms with Gasteiger partial charge in [-0.3, -0.25) is 4.98 Å². The predicted octanol–water partition coefficient (Wildman–Crippen LogP) is 3.34. The summed E-state index contributed by atoms with van der Waals surface area (Å²) in [5.41, 5.74) is 1.70. The lowest BCUT2D eigenvalue weighted by molar-refractivity contribution is 0.0509. The lowest BCUT2D eigenvalue weighted by Gasteiger charge is -2.23. The Balaban J connectivity index is 1.69. The van der Waals surface area contributed by atoms with Gasteiger partial charge in [0.05, 0.1) is 11.6 Å². The molecule has 0 unspecified atom stereocenters. The molecular weight excluding hydrogens is 290 g/mol. The van der Waals surface area contributed by atoms with Crippen LogP contribution in [0.25, 0.3) is 10.9 Å². The number of aromatic nitrogens is 1. The molecule has 0 bridgehead atoms. The van der Waals surface area contributed by atoms with Crippen LogP contribution in [0.4, 0.5) is 10.5 Å². The average Bonchev–Trinajstić information content (AvgIpc) is 2.92. The zero-order chi connectivity index (χ0) is 16.4. The third kappa shape index (κ3) is 3.73. The Morgan fingerprint density at radius 1 is 1.30 bits per heavy atom. The van der Waals surface area contributed by atoms with E-state index in [9.17, 15) is 4.79 Å². The molecule has 1 atom stereocenters. The van der Waals surface area contributed by atoms with Crippen molar-refractivity contribution in [2.24, 2.45) is 0 Å². The van der Waals surface area contributed by atoms with Crippen molar-refractivity contribution >= 4 is 22.7 Å². The summed E-state index contributed by atoms with van der Waals surface area (Å²) in [4.78, 5) is 18.6. The Morgan fingerprint density at radius 3 is 2.91 bits per heavy atom. The van der Waals surface area contributed by atoms with E-state index in [0.717, 1.165) is 30.4 Å². The number of hydrogen-bond acceptors (Lipinski definition) is 4. The van der Waals surface area contributed by atoms with Crippen LogP contribution in [0.2, 0.25) is 0 Å². The highest BCUT2D eigenvalue weighted by Gasteiger charge is 2.27. The summed E-state index contributed by atoms with van der Waals surface area (Å²) in [5, 5.41) is 4.11. The van der Waals surface area contributed by atoms with E-state index in [2.05, 4.69) is 27.3 Å². The standard InChI is InChI=1S/C18H23N3O2/c1-18(2,3)23-17(22)20-13-9-11-21(12-13)16-8-4-7-15-14(16)6-5-10-19-15/h4-8,10,13H,9,11-12H2,1-3H3,(H,20,22)/t13-/m0/s1. The van der Waals surface area contributed by atoms with E-state index in [-0.39, 0.29) is 12.1 Å². The molecule has 0 aliphatic carbocycles. The third-order valence-electron chi connectivity index (χ3n) is 3.87. The number of carbonyl (C=O) groups is 1. The predicted molar refractivity (Wildman–Crippen MR) is 91.7 cm³/mol. The normalized spacial score (nSPS) is 18.2. The molecule has 1 aliphatic rings. The Hall–Kier alpha value is -2.30. The van der Waals surface area contributed by atoms with E-state index in [1.807, 2.05) is 45.2 Å². The van der Waals surface area contributed by atoms with Crippen molar-refractivity contribution < 1.29 is 9.53 Å². The van der Waals surface area contributed by atoms with Crippen molar-refractivity contribution in [1.29, 1.82) is 0 Å². The molecule has 1 aliphatic heterocycles. The first kappa shape index (κ1) is 15.6. The van der Waals surface area contributed by atoms with Crippen LogP contribution in [-0.2, 0) is 4.74 Å². The van der Waals surface area contributed by atoms with Crippen LogP contribution in [0, 0.1) is 0 Å². The number of amides is 1. The molecule has 0 radical (unpaired) electrons. The molecule has 122 valence electrons. The highest BCUT2D eigenvalue weighted by Crippen LogP contribution is 2.28. The van der Waals surface area contributed by atoms with Gasteiger partial charge in [-0.05, 0) is 51.5 Å². The van der Waals surface area contributed by atoms with Crippen LogP contribution < -0.4 is 10.2 Å². The summed E-state index contributed by atoms with van der Waals surface area (Å²) in [5.74, 6) is 0. The summed E-state index contributed by atoms with van der Waals surface area (Å²) in [7, 11) is 0. The van der Waals surface area contributed by atoms with E-state index in [1.54, 1.807) is 0 Å². The minimum absolute atomic E-state index is 0.108. The molecule has 1 saturated heterocycles. The topological polar surface area (TPSA) is 54.5 Å². The van der Waals surface area contributed by atoms with Crippen molar-refractivity contribution in [2.75, 3.05) is 18.0 Å². The summed E-state index contributed by atoms with van der Waals surface area (Å²) in [6, 6.07) is 10.3. The van der Waals surface area contributed by atoms with Crippen LogP contribution in [0.5, 0.6) is 0 Å². The molecule has 23 heavy (non-hydrogen) atoms. The molecule has 2 aromatic rings. The Morgan fingerprint density at radius 2 is 2.13 bits per heavy atom. The summed E-state index contributed by atoms with van der Waals surface area (Å²) < 4.78 is 5.33. The van der Waals surface area contributed by atoms with Crippen molar-refractivity contribution in [3.8, 4) is 0 Å². The lowest BCUT2D eigenvalue weighted by atomic mass is 10.1. The van der Waals surface area contributed by atoms with Gasteiger partial charge in [-0.15, -0.1) is 0 Å². The average molecular weight is 313 g/mol. The monoisotopic (exact) mass is 313 g/mol. The summed E-state index contributed by atoms with van der Waals surface area (Å²) in [6.45, 7) is 7.31. The van der Waals surface area contributed by atoms with Gasteiger partial charge in [-0.1, -0.05) is 6.07 Å². The first-order valence-corrected chi connectivity index (χ1v) is 8.00. The number of carbonyl (C=O) groups excluding carboxylic acids is 1. The molecule has 1 amide bonds. The molecule has 0 saturated carbocycles. The van der Waals surface area contributed by atoms with Gasteiger partial charge in [0.2, 0.25) is 0 Å². The third-order valence-corrected chi connectivity index (χ3v) is 3.87. The van der Waals surface area contributed by atoms with Crippen molar-refractivity contribution in [2.45, 2.75) is 38.8 Å². The quantitative estimate of drug-likeness (QED) is 0.924. The zero-order valence-electron chi connectivity index (χ0n) is 13.9. The van der Waals surface area contributed by atoms with Gasteiger partial charge in [0.15, 0.2) is 0 Å². The second-order valence-corrected chi connectivity index (χ2v) is 6.93. The van der Waals surface area contributed by atoms with Gasteiger partial charge in [0.1, 0.15) is 5.60 Å². The van der Waals surface area contributed by atoms with E-state index in [1.165, 1.54) is 5.69 Å². The van der Waals surface area contributed by atoms with Gasteiger partial charge < -0.3 is 15.0 Å². The SMILES string of the molecule is CC(C)(C)OC(=O)N[C@H]1CCN(c2cccc3ncccc23)C1. The number of nitrogens with one attached hydrogen (secondary N) is 1. The first-order valence-electron chi connectivity index (χ1n) is 8.00. The highest BCUT2D eigenvalue weighted by atomic mass is 16.6. The number of alkyl carbamates (subject to hydrolysis) is 1. The van der Waals surface area contributed by atoms with Crippen LogP contribution in [0.15, 0.2) is 36.5 Å². The molecule has 1 fully saturated rings. The molecule has 5 nitrogen and oxygen atoms in total. The number of nitrogens with zero attached hydrogens (tertiary/aromatic N) is 2. The summed E-state index contributed by atoms with van der Waals surface area (Å²) in [6.07, 6.45) is 2.38. The molecule has 2 heterocycles. The number of pyridine rings is 1. The van der Waals surface area contributed by atoms with Crippen LogP contribution >= 0.6 is 0 Å².